The average molecular weight is 357 g/mol. The van der Waals surface area contributed by atoms with Gasteiger partial charge in [0.15, 0.2) is 11.6 Å². The minimum absolute atomic E-state index is 0.112. The largest absolute Gasteiger partial charge is 0.432 e. The SMILES string of the molecule is N#Cc1c(-c2ccccn2)n(C2CCC2)c2cc(OC(F)F)c(F)cc12. The number of ether oxygens (including phenoxy) is 1. The van der Waals surface area contributed by atoms with E-state index in [1.54, 1.807) is 24.4 Å². The van der Waals surface area contributed by atoms with E-state index in [-0.39, 0.29) is 11.6 Å². The van der Waals surface area contributed by atoms with Gasteiger partial charge in [0, 0.05) is 23.7 Å². The fourth-order valence-electron chi connectivity index (χ4n) is 3.39. The molecule has 1 saturated carbocycles. The van der Waals surface area contributed by atoms with Crippen LogP contribution in [0, 0.1) is 17.1 Å². The number of benzene rings is 1. The van der Waals surface area contributed by atoms with Crippen molar-refractivity contribution < 1.29 is 17.9 Å². The molecule has 0 amide bonds. The van der Waals surface area contributed by atoms with Gasteiger partial charge in [-0.05, 0) is 37.5 Å². The molecule has 0 radical (unpaired) electrons. The quantitative estimate of drug-likeness (QED) is 0.657. The Morgan fingerprint density at radius 1 is 1.27 bits per heavy atom. The van der Waals surface area contributed by atoms with E-state index in [4.69, 9.17) is 0 Å². The Morgan fingerprint density at radius 2 is 2.08 bits per heavy atom. The lowest BCUT2D eigenvalue weighted by molar-refractivity contribution is -0.0520. The summed E-state index contributed by atoms with van der Waals surface area (Å²) in [6, 6.07) is 9.93. The van der Waals surface area contributed by atoms with Crippen molar-refractivity contribution in [2.75, 3.05) is 0 Å². The number of halogens is 3. The minimum atomic E-state index is -3.13. The molecule has 0 unspecified atom stereocenters. The van der Waals surface area contributed by atoms with Crippen molar-refractivity contribution in [3.8, 4) is 23.2 Å². The molecule has 2 heterocycles. The van der Waals surface area contributed by atoms with Gasteiger partial charge in [-0.2, -0.15) is 14.0 Å². The lowest BCUT2D eigenvalue weighted by Gasteiger charge is -2.30. The highest BCUT2D eigenvalue weighted by Crippen LogP contribution is 2.43. The van der Waals surface area contributed by atoms with Crippen LogP contribution in [0.1, 0.15) is 30.9 Å². The summed E-state index contributed by atoms with van der Waals surface area (Å²) >= 11 is 0. The van der Waals surface area contributed by atoms with Crippen LogP contribution in [0.5, 0.6) is 5.75 Å². The summed E-state index contributed by atoms with van der Waals surface area (Å²) in [7, 11) is 0. The molecule has 7 heteroatoms. The topological polar surface area (TPSA) is 50.8 Å². The Morgan fingerprint density at radius 3 is 2.65 bits per heavy atom. The van der Waals surface area contributed by atoms with Crippen LogP contribution in [-0.2, 0) is 0 Å². The number of nitrogens with zero attached hydrogens (tertiary/aromatic N) is 3. The Labute approximate surface area is 147 Å². The van der Waals surface area contributed by atoms with Crippen LogP contribution < -0.4 is 4.74 Å². The molecular formula is C19H14F3N3O. The van der Waals surface area contributed by atoms with Crippen molar-refractivity contribution in [1.29, 1.82) is 5.26 Å². The first-order valence-corrected chi connectivity index (χ1v) is 8.24. The molecule has 1 fully saturated rings. The molecule has 1 aliphatic carbocycles. The molecule has 1 aromatic carbocycles. The van der Waals surface area contributed by atoms with E-state index in [1.165, 1.54) is 6.07 Å². The molecule has 2 aromatic heterocycles. The summed E-state index contributed by atoms with van der Waals surface area (Å²) in [4.78, 5) is 4.33. The van der Waals surface area contributed by atoms with Gasteiger partial charge in [-0.25, -0.2) is 4.39 Å². The van der Waals surface area contributed by atoms with E-state index in [9.17, 15) is 18.4 Å². The first-order valence-electron chi connectivity index (χ1n) is 8.24. The van der Waals surface area contributed by atoms with Crippen molar-refractivity contribution >= 4 is 10.9 Å². The third-order valence-electron chi connectivity index (χ3n) is 4.73. The maximum absolute atomic E-state index is 14.2. The maximum Gasteiger partial charge on any atom is 0.387 e. The van der Waals surface area contributed by atoms with Crippen LogP contribution in [-0.4, -0.2) is 16.2 Å². The van der Waals surface area contributed by atoms with Gasteiger partial charge in [0.25, 0.3) is 0 Å². The third-order valence-corrected chi connectivity index (χ3v) is 4.73. The molecule has 0 aliphatic heterocycles. The summed E-state index contributed by atoms with van der Waals surface area (Å²) in [6.45, 7) is -3.13. The molecule has 26 heavy (non-hydrogen) atoms. The molecule has 3 aromatic rings. The highest BCUT2D eigenvalue weighted by molar-refractivity contribution is 5.95. The van der Waals surface area contributed by atoms with Gasteiger partial charge >= 0.3 is 6.61 Å². The predicted octanol–water partition coefficient (Wildman–Crippen LogP) is 5.04. The summed E-state index contributed by atoms with van der Waals surface area (Å²) < 4.78 is 45.7. The second-order valence-electron chi connectivity index (χ2n) is 6.18. The van der Waals surface area contributed by atoms with Gasteiger partial charge in [0.1, 0.15) is 6.07 Å². The molecule has 4 nitrogen and oxygen atoms in total. The Hall–Kier alpha value is -3.01. The molecule has 132 valence electrons. The number of rotatable bonds is 4. The molecular weight excluding hydrogens is 343 g/mol. The molecule has 0 spiro atoms. The van der Waals surface area contributed by atoms with Crippen molar-refractivity contribution in [2.24, 2.45) is 0 Å². The predicted molar refractivity (Wildman–Crippen MR) is 89.4 cm³/mol. The lowest BCUT2D eigenvalue weighted by atomic mass is 9.92. The molecule has 0 saturated heterocycles. The minimum Gasteiger partial charge on any atom is -0.432 e. The number of fused-ring (bicyclic) bond motifs is 1. The fraction of sp³-hybridized carbons (Fsp3) is 0.263. The number of aromatic nitrogens is 2. The molecule has 0 bridgehead atoms. The summed E-state index contributed by atoms with van der Waals surface area (Å²) in [6.07, 6.45) is 4.45. The van der Waals surface area contributed by atoms with Crippen LogP contribution in [0.25, 0.3) is 22.3 Å². The van der Waals surface area contributed by atoms with E-state index < -0.39 is 18.2 Å². The zero-order chi connectivity index (χ0) is 18.3. The van der Waals surface area contributed by atoms with Crippen LogP contribution in [0.15, 0.2) is 36.5 Å². The van der Waals surface area contributed by atoms with Gasteiger partial charge in [-0.1, -0.05) is 6.07 Å². The van der Waals surface area contributed by atoms with E-state index in [2.05, 4.69) is 15.8 Å². The smallest absolute Gasteiger partial charge is 0.387 e. The van der Waals surface area contributed by atoms with Gasteiger partial charge in [-0.3, -0.25) is 4.98 Å². The zero-order valence-electron chi connectivity index (χ0n) is 13.6. The lowest BCUT2D eigenvalue weighted by Crippen LogP contribution is -2.18. The number of nitriles is 1. The number of hydrogen-bond donors (Lipinski definition) is 0. The van der Waals surface area contributed by atoms with E-state index >= 15 is 0 Å². The summed E-state index contributed by atoms with van der Waals surface area (Å²) in [5.74, 6) is -1.45. The first kappa shape index (κ1) is 16.5. The van der Waals surface area contributed by atoms with Gasteiger partial charge in [0.2, 0.25) is 0 Å². The van der Waals surface area contributed by atoms with Gasteiger partial charge < -0.3 is 9.30 Å². The van der Waals surface area contributed by atoms with Crippen LogP contribution in [0.3, 0.4) is 0 Å². The fourth-order valence-corrected chi connectivity index (χ4v) is 3.39. The standard InChI is InChI=1S/C19H14F3N3O/c20-14-8-12-13(10-23)18(15-6-1-2-7-24-15)25(11-4-3-5-11)16(12)9-17(14)26-19(21)22/h1-2,6-9,11,19H,3-5H2. The first-order chi connectivity index (χ1) is 12.6. The number of alkyl halides is 2. The Balaban J connectivity index is 2.04. The van der Waals surface area contributed by atoms with E-state index in [0.717, 1.165) is 25.3 Å². The normalized spacial score (nSPS) is 14.4. The maximum atomic E-state index is 14.2. The monoisotopic (exact) mass is 357 g/mol. The van der Waals surface area contributed by atoms with Gasteiger partial charge in [0.05, 0.1) is 22.5 Å². The van der Waals surface area contributed by atoms with E-state index in [0.29, 0.717) is 22.3 Å². The van der Waals surface area contributed by atoms with Gasteiger partial charge in [-0.15, -0.1) is 0 Å². The second kappa shape index (κ2) is 6.37. The molecule has 1 aliphatic rings. The highest BCUT2D eigenvalue weighted by Gasteiger charge is 2.29. The third kappa shape index (κ3) is 2.58. The number of pyridine rings is 1. The van der Waals surface area contributed by atoms with Crippen molar-refractivity contribution in [3.63, 3.8) is 0 Å². The van der Waals surface area contributed by atoms with Crippen LogP contribution in [0.4, 0.5) is 13.2 Å². The van der Waals surface area contributed by atoms with Crippen molar-refractivity contribution in [3.05, 3.63) is 47.9 Å². The summed E-state index contributed by atoms with van der Waals surface area (Å²) in [5, 5.41) is 10.1. The summed E-state index contributed by atoms with van der Waals surface area (Å²) in [5.41, 5.74) is 1.96. The van der Waals surface area contributed by atoms with E-state index in [1.807, 2.05) is 4.57 Å². The Kier molecular flexibility index (Phi) is 4.03. The molecule has 4 rings (SSSR count). The molecule has 0 N–H and O–H groups in total. The van der Waals surface area contributed by atoms with Crippen molar-refractivity contribution in [2.45, 2.75) is 31.9 Å². The second-order valence-corrected chi connectivity index (χ2v) is 6.18. The molecule has 0 atom stereocenters. The van der Waals surface area contributed by atoms with Crippen LogP contribution >= 0.6 is 0 Å². The Bertz CT molecular complexity index is 1000. The van der Waals surface area contributed by atoms with Crippen LogP contribution in [0.2, 0.25) is 0 Å². The van der Waals surface area contributed by atoms with Crippen molar-refractivity contribution in [1.82, 2.24) is 9.55 Å². The zero-order valence-corrected chi connectivity index (χ0v) is 13.6. The number of hydrogen-bond acceptors (Lipinski definition) is 3. The average Bonchev–Trinajstić information content (AvgIpc) is 2.87. The highest BCUT2D eigenvalue weighted by atomic mass is 19.3.